The molecule has 0 amide bonds. The van der Waals surface area contributed by atoms with Gasteiger partial charge in [0.1, 0.15) is 7.85 Å². The van der Waals surface area contributed by atoms with E-state index in [1.54, 1.807) is 0 Å². The average molecular weight is 171 g/mol. The minimum Gasteiger partial charge on any atom is -0.316 e. The fraction of sp³-hybridized carbons (Fsp3) is 0.455. The van der Waals surface area contributed by atoms with Gasteiger partial charge in [0.05, 0.1) is 0 Å². The van der Waals surface area contributed by atoms with Crippen LogP contribution in [0.5, 0.6) is 0 Å². The fourth-order valence-electron chi connectivity index (χ4n) is 1.95. The summed E-state index contributed by atoms with van der Waals surface area (Å²) in [4.78, 5) is 0. The molecule has 1 aliphatic heterocycles. The summed E-state index contributed by atoms with van der Waals surface area (Å²) in [6.07, 6.45) is 1.12. The van der Waals surface area contributed by atoms with E-state index in [2.05, 4.69) is 24.4 Å². The monoisotopic (exact) mass is 171 g/mol. The highest BCUT2D eigenvalue weighted by atomic mass is 14.9. The molecule has 1 atom stereocenters. The van der Waals surface area contributed by atoms with Crippen molar-refractivity contribution in [2.75, 3.05) is 13.1 Å². The summed E-state index contributed by atoms with van der Waals surface area (Å²) in [5, 5.41) is 3.42. The van der Waals surface area contributed by atoms with Gasteiger partial charge in [0.15, 0.2) is 0 Å². The number of rotatable bonds is 0. The Hall–Kier alpha value is -0.755. The van der Waals surface area contributed by atoms with Crippen molar-refractivity contribution in [2.24, 2.45) is 0 Å². The predicted molar refractivity (Wildman–Crippen MR) is 56.8 cm³/mol. The molecular formula is C11H14BN. The summed E-state index contributed by atoms with van der Waals surface area (Å²) in [5.74, 6) is 0.584. The van der Waals surface area contributed by atoms with Gasteiger partial charge >= 0.3 is 0 Å². The molecule has 13 heavy (non-hydrogen) atoms. The number of hydrogen-bond acceptors (Lipinski definition) is 1. The van der Waals surface area contributed by atoms with E-state index in [9.17, 15) is 0 Å². The van der Waals surface area contributed by atoms with Crippen molar-refractivity contribution in [3.8, 4) is 0 Å². The molecule has 1 aliphatic rings. The molecular weight excluding hydrogens is 157 g/mol. The van der Waals surface area contributed by atoms with E-state index in [-0.39, 0.29) is 0 Å². The Balaban J connectivity index is 2.43. The van der Waals surface area contributed by atoms with E-state index < -0.39 is 0 Å². The van der Waals surface area contributed by atoms with Gasteiger partial charge in [-0.1, -0.05) is 30.6 Å². The Bertz CT molecular complexity index is 309. The molecule has 2 heteroatoms. The maximum Gasteiger partial charge on any atom is 0.113 e. The third-order valence-electron chi connectivity index (χ3n) is 2.72. The highest BCUT2D eigenvalue weighted by Crippen LogP contribution is 2.20. The first-order valence-corrected chi connectivity index (χ1v) is 4.86. The summed E-state index contributed by atoms with van der Waals surface area (Å²) in [6.45, 7) is 4.40. The topological polar surface area (TPSA) is 12.0 Å². The smallest absolute Gasteiger partial charge is 0.113 e. The zero-order valence-electron chi connectivity index (χ0n) is 8.01. The van der Waals surface area contributed by atoms with Gasteiger partial charge in [0, 0.05) is 6.54 Å². The third-order valence-corrected chi connectivity index (χ3v) is 2.72. The lowest BCUT2D eigenvalue weighted by atomic mass is 9.87. The summed E-state index contributed by atoms with van der Waals surface area (Å²) in [6, 6.07) is 6.28. The largest absolute Gasteiger partial charge is 0.316 e. The third kappa shape index (κ3) is 1.78. The van der Waals surface area contributed by atoms with Crippen LogP contribution in [0.4, 0.5) is 0 Å². The van der Waals surface area contributed by atoms with Gasteiger partial charge in [0.25, 0.3) is 0 Å². The summed E-state index contributed by atoms with van der Waals surface area (Å²) in [7, 11) is 5.77. The first-order chi connectivity index (χ1) is 6.27. The number of nitrogens with one attached hydrogen (secondary N) is 1. The zero-order valence-corrected chi connectivity index (χ0v) is 8.01. The Labute approximate surface area is 81.0 Å². The van der Waals surface area contributed by atoms with Crippen LogP contribution in [-0.2, 0) is 6.42 Å². The Morgan fingerprint density at radius 3 is 3.15 bits per heavy atom. The maximum atomic E-state index is 5.77. The molecule has 1 aromatic rings. The molecule has 1 unspecified atom stereocenters. The van der Waals surface area contributed by atoms with E-state index in [0.29, 0.717) is 5.92 Å². The lowest BCUT2D eigenvalue weighted by Gasteiger charge is -2.12. The van der Waals surface area contributed by atoms with Crippen LogP contribution >= 0.6 is 0 Å². The van der Waals surface area contributed by atoms with E-state index in [1.807, 2.05) is 6.07 Å². The first kappa shape index (κ1) is 8.83. The first-order valence-electron chi connectivity index (χ1n) is 4.86. The Morgan fingerprint density at radius 1 is 1.46 bits per heavy atom. The molecule has 0 saturated carbocycles. The number of benzene rings is 1. The van der Waals surface area contributed by atoms with Crippen molar-refractivity contribution in [1.82, 2.24) is 5.32 Å². The summed E-state index contributed by atoms with van der Waals surface area (Å²) in [5.41, 5.74) is 3.75. The van der Waals surface area contributed by atoms with Gasteiger partial charge in [-0.05, 0) is 30.0 Å². The van der Waals surface area contributed by atoms with Gasteiger partial charge in [-0.15, -0.1) is 0 Å². The number of hydrogen-bond donors (Lipinski definition) is 1. The standard InChI is InChI=1S/C11H14BN/c1-8-7-13-5-4-9-2-3-10(12)6-11(8)9/h2-3,6,8,13H,4-5,7H2,1H3. The van der Waals surface area contributed by atoms with Gasteiger partial charge in [0.2, 0.25) is 0 Å². The molecule has 0 aliphatic carbocycles. The normalized spacial score (nSPS) is 22.1. The lowest BCUT2D eigenvalue weighted by Crippen LogP contribution is -2.18. The van der Waals surface area contributed by atoms with Gasteiger partial charge in [-0.25, -0.2) is 0 Å². The van der Waals surface area contributed by atoms with Gasteiger partial charge in [-0.2, -0.15) is 0 Å². The van der Waals surface area contributed by atoms with Crippen LogP contribution in [0, 0.1) is 0 Å². The highest BCUT2D eigenvalue weighted by molar-refractivity contribution is 6.32. The van der Waals surface area contributed by atoms with Crippen LogP contribution in [0.1, 0.15) is 24.0 Å². The van der Waals surface area contributed by atoms with E-state index in [1.165, 1.54) is 11.1 Å². The molecule has 0 spiro atoms. The van der Waals surface area contributed by atoms with Crippen molar-refractivity contribution < 1.29 is 0 Å². The SMILES string of the molecule is [B]c1ccc2c(c1)C(C)CNCC2. The molecule has 1 nitrogen and oxygen atoms in total. The van der Waals surface area contributed by atoms with Crippen LogP contribution in [-0.4, -0.2) is 20.9 Å². The molecule has 1 aromatic carbocycles. The lowest BCUT2D eigenvalue weighted by molar-refractivity contribution is 0.644. The Morgan fingerprint density at radius 2 is 2.31 bits per heavy atom. The van der Waals surface area contributed by atoms with Gasteiger partial charge < -0.3 is 5.32 Å². The van der Waals surface area contributed by atoms with Gasteiger partial charge in [-0.3, -0.25) is 0 Å². The molecule has 0 bridgehead atoms. The predicted octanol–water partition coefficient (Wildman–Crippen LogP) is 0.730. The molecule has 1 heterocycles. The fourth-order valence-corrected chi connectivity index (χ4v) is 1.95. The minimum absolute atomic E-state index is 0.584. The van der Waals surface area contributed by atoms with Crippen molar-refractivity contribution in [3.05, 3.63) is 29.3 Å². The average Bonchev–Trinajstić information content (AvgIpc) is 2.29. The van der Waals surface area contributed by atoms with Crippen LogP contribution in [0.25, 0.3) is 0 Å². The maximum absolute atomic E-state index is 5.77. The molecule has 0 fully saturated rings. The second-order valence-corrected chi connectivity index (χ2v) is 3.81. The summed E-state index contributed by atoms with van der Waals surface area (Å²) < 4.78 is 0. The van der Waals surface area contributed by atoms with Crippen molar-refractivity contribution in [2.45, 2.75) is 19.3 Å². The second-order valence-electron chi connectivity index (χ2n) is 3.81. The van der Waals surface area contributed by atoms with E-state index >= 15 is 0 Å². The van der Waals surface area contributed by atoms with Crippen molar-refractivity contribution in [1.29, 1.82) is 0 Å². The van der Waals surface area contributed by atoms with Crippen LogP contribution in [0.15, 0.2) is 18.2 Å². The zero-order chi connectivity index (χ0) is 9.26. The highest BCUT2D eigenvalue weighted by Gasteiger charge is 2.13. The molecule has 0 aromatic heterocycles. The molecule has 2 rings (SSSR count). The van der Waals surface area contributed by atoms with Crippen molar-refractivity contribution >= 4 is 13.3 Å². The van der Waals surface area contributed by atoms with Crippen molar-refractivity contribution in [3.63, 3.8) is 0 Å². The quantitative estimate of drug-likeness (QED) is 0.567. The molecule has 2 radical (unpaired) electrons. The molecule has 1 N–H and O–H groups in total. The van der Waals surface area contributed by atoms with Crippen LogP contribution in [0.2, 0.25) is 0 Å². The molecule has 66 valence electrons. The summed E-state index contributed by atoms with van der Waals surface area (Å²) >= 11 is 0. The molecule has 0 saturated heterocycles. The minimum atomic E-state index is 0.584. The Kier molecular flexibility index (Phi) is 2.41. The van der Waals surface area contributed by atoms with E-state index in [4.69, 9.17) is 7.85 Å². The van der Waals surface area contributed by atoms with E-state index in [0.717, 1.165) is 25.0 Å². The number of fused-ring (bicyclic) bond motifs is 1. The van der Waals surface area contributed by atoms with Crippen LogP contribution in [0.3, 0.4) is 0 Å². The second kappa shape index (κ2) is 3.55. The van der Waals surface area contributed by atoms with Crippen LogP contribution < -0.4 is 10.8 Å².